The van der Waals surface area contributed by atoms with Crippen molar-refractivity contribution in [3.05, 3.63) is 67.0 Å². The molecule has 112 valence electrons. The summed E-state index contributed by atoms with van der Waals surface area (Å²) in [4.78, 5) is 13.5. The van der Waals surface area contributed by atoms with Crippen LogP contribution in [0.15, 0.2) is 67.0 Å². The Morgan fingerprint density at radius 1 is 0.913 bits per heavy atom. The number of pyridine rings is 2. The van der Waals surface area contributed by atoms with Gasteiger partial charge in [0.15, 0.2) is 5.65 Å². The fourth-order valence-electron chi connectivity index (χ4n) is 2.56. The quantitative estimate of drug-likeness (QED) is 0.581. The summed E-state index contributed by atoms with van der Waals surface area (Å²) >= 11 is 0. The van der Waals surface area contributed by atoms with Crippen LogP contribution in [0.2, 0.25) is 0 Å². The monoisotopic (exact) mass is 302 g/mol. The molecule has 4 aromatic rings. The van der Waals surface area contributed by atoms with Crippen LogP contribution in [0.25, 0.3) is 28.2 Å². The Hall–Kier alpha value is -3.21. The fourth-order valence-corrected chi connectivity index (χ4v) is 2.56. The standard InChI is InChI=1S/C18H14N4O/c1-23-16-10-9-15-18(21-16)22(14-7-3-2-4-8-14)17(20-15)13-6-5-11-19-12-13/h2-12H,1H3. The number of fused-ring (bicyclic) bond motifs is 1. The summed E-state index contributed by atoms with van der Waals surface area (Å²) in [5, 5.41) is 0. The maximum atomic E-state index is 5.26. The first-order valence-corrected chi connectivity index (χ1v) is 7.26. The molecule has 0 aliphatic carbocycles. The zero-order valence-corrected chi connectivity index (χ0v) is 12.5. The number of para-hydroxylation sites is 1. The highest BCUT2D eigenvalue weighted by Gasteiger charge is 2.16. The van der Waals surface area contributed by atoms with Gasteiger partial charge in [0.25, 0.3) is 0 Å². The van der Waals surface area contributed by atoms with Crippen LogP contribution in [0.1, 0.15) is 0 Å². The minimum atomic E-state index is 0.562. The first kappa shape index (κ1) is 13.5. The van der Waals surface area contributed by atoms with Gasteiger partial charge in [0.05, 0.1) is 7.11 Å². The predicted molar refractivity (Wildman–Crippen MR) is 88.6 cm³/mol. The second kappa shape index (κ2) is 5.53. The third kappa shape index (κ3) is 2.32. The van der Waals surface area contributed by atoms with Crippen LogP contribution in [0.5, 0.6) is 5.88 Å². The van der Waals surface area contributed by atoms with Crippen molar-refractivity contribution in [2.24, 2.45) is 0 Å². The summed E-state index contributed by atoms with van der Waals surface area (Å²) in [6.07, 6.45) is 3.55. The second-order valence-electron chi connectivity index (χ2n) is 5.04. The van der Waals surface area contributed by atoms with E-state index in [0.717, 1.165) is 28.2 Å². The van der Waals surface area contributed by atoms with E-state index in [1.54, 1.807) is 19.5 Å². The van der Waals surface area contributed by atoms with E-state index in [1.165, 1.54) is 0 Å². The summed E-state index contributed by atoms with van der Waals surface area (Å²) < 4.78 is 7.29. The Morgan fingerprint density at radius 2 is 1.78 bits per heavy atom. The molecule has 3 heterocycles. The number of aromatic nitrogens is 4. The molecule has 0 amide bonds. The van der Waals surface area contributed by atoms with E-state index in [2.05, 4.69) is 9.97 Å². The van der Waals surface area contributed by atoms with Crippen LogP contribution >= 0.6 is 0 Å². The molecule has 0 unspecified atom stereocenters. The van der Waals surface area contributed by atoms with Crippen molar-refractivity contribution in [3.63, 3.8) is 0 Å². The molecule has 0 atom stereocenters. The first-order chi connectivity index (χ1) is 11.4. The van der Waals surface area contributed by atoms with E-state index < -0.39 is 0 Å². The summed E-state index contributed by atoms with van der Waals surface area (Å²) in [6.45, 7) is 0. The predicted octanol–water partition coefficient (Wildman–Crippen LogP) is 3.49. The number of hydrogen-bond donors (Lipinski definition) is 0. The number of imidazole rings is 1. The van der Waals surface area contributed by atoms with Crippen molar-refractivity contribution < 1.29 is 4.74 Å². The SMILES string of the molecule is COc1ccc2nc(-c3cccnc3)n(-c3ccccc3)c2n1. The molecule has 0 saturated heterocycles. The first-order valence-electron chi connectivity index (χ1n) is 7.26. The molecule has 23 heavy (non-hydrogen) atoms. The van der Waals surface area contributed by atoms with Gasteiger partial charge in [-0.05, 0) is 30.3 Å². The van der Waals surface area contributed by atoms with E-state index in [0.29, 0.717) is 5.88 Å². The van der Waals surface area contributed by atoms with Crippen LogP contribution in [0.4, 0.5) is 0 Å². The Morgan fingerprint density at radius 3 is 2.52 bits per heavy atom. The average molecular weight is 302 g/mol. The molecule has 0 aliphatic heterocycles. The highest BCUT2D eigenvalue weighted by atomic mass is 16.5. The van der Waals surface area contributed by atoms with Crippen molar-refractivity contribution in [2.75, 3.05) is 7.11 Å². The van der Waals surface area contributed by atoms with Crippen LogP contribution in [0.3, 0.4) is 0 Å². The van der Waals surface area contributed by atoms with Crippen molar-refractivity contribution in [1.29, 1.82) is 0 Å². The lowest BCUT2D eigenvalue weighted by atomic mass is 10.2. The topological polar surface area (TPSA) is 52.8 Å². The second-order valence-corrected chi connectivity index (χ2v) is 5.04. The number of methoxy groups -OCH3 is 1. The van der Waals surface area contributed by atoms with Gasteiger partial charge in [-0.25, -0.2) is 4.98 Å². The molecule has 4 rings (SSSR count). The third-order valence-electron chi connectivity index (χ3n) is 3.62. The Balaban J connectivity index is 2.06. The summed E-state index contributed by atoms with van der Waals surface area (Å²) in [7, 11) is 1.61. The number of rotatable bonds is 3. The Labute approximate surface area is 133 Å². The van der Waals surface area contributed by atoms with Gasteiger partial charge in [-0.1, -0.05) is 18.2 Å². The van der Waals surface area contributed by atoms with E-state index in [-0.39, 0.29) is 0 Å². The maximum absolute atomic E-state index is 5.26. The molecule has 3 aromatic heterocycles. The minimum absolute atomic E-state index is 0.562. The highest BCUT2D eigenvalue weighted by molar-refractivity contribution is 5.80. The molecule has 0 aliphatic rings. The number of hydrogen-bond acceptors (Lipinski definition) is 4. The van der Waals surface area contributed by atoms with Crippen LogP contribution in [0, 0.1) is 0 Å². The van der Waals surface area contributed by atoms with Gasteiger partial charge in [0, 0.05) is 29.7 Å². The summed E-state index contributed by atoms with van der Waals surface area (Å²) in [6, 6.07) is 17.7. The van der Waals surface area contributed by atoms with Gasteiger partial charge in [0.2, 0.25) is 5.88 Å². The largest absolute Gasteiger partial charge is 0.481 e. The van der Waals surface area contributed by atoms with E-state index in [4.69, 9.17) is 9.72 Å². The van der Waals surface area contributed by atoms with Crippen LogP contribution < -0.4 is 4.74 Å². The molecular weight excluding hydrogens is 288 g/mol. The van der Waals surface area contributed by atoms with Gasteiger partial charge in [-0.15, -0.1) is 0 Å². The lowest BCUT2D eigenvalue weighted by Gasteiger charge is -2.08. The van der Waals surface area contributed by atoms with E-state index in [9.17, 15) is 0 Å². The third-order valence-corrected chi connectivity index (χ3v) is 3.62. The Kier molecular flexibility index (Phi) is 3.24. The Bertz CT molecular complexity index is 949. The van der Waals surface area contributed by atoms with E-state index >= 15 is 0 Å². The molecule has 0 spiro atoms. The molecular formula is C18H14N4O. The normalized spacial score (nSPS) is 10.8. The molecule has 0 radical (unpaired) electrons. The smallest absolute Gasteiger partial charge is 0.215 e. The average Bonchev–Trinajstić information content (AvgIpc) is 3.01. The van der Waals surface area contributed by atoms with Gasteiger partial charge < -0.3 is 4.74 Å². The van der Waals surface area contributed by atoms with Gasteiger partial charge in [-0.3, -0.25) is 9.55 Å². The maximum Gasteiger partial charge on any atom is 0.215 e. The van der Waals surface area contributed by atoms with Gasteiger partial charge >= 0.3 is 0 Å². The summed E-state index contributed by atoms with van der Waals surface area (Å²) in [5.74, 6) is 1.37. The lowest BCUT2D eigenvalue weighted by molar-refractivity contribution is 0.399. The van der Waals surface area contributed by atoms with Crippen LogP contribution in [-0.4, -0.2) is 26.6 Å². The molecule has 1 aromatic carbocycles. The minimum Gasteiger partial charge on any atom is -0.481 e. The van der Waals surface area contributed by atoms with Gasteiger partial charge in [-0.2, -0.15) is 4.98 Å². The van der Waals surface area contributed by atoms with Gasteiger partial charge in [0.1, 0.15) is 11.3 Å². The molecule has 0 fully saturated rings. The van der Waals surface area contributed by atoms with Crippen molar-refractivity contribution in [3.8, 4) is 23.0 Å². The van der Waals surface area contributed by atoms with Crippen molar-refractivity contribution >= 4 is 11.2 Å². The summed E-state index contributed by atoms with van der Waals surface area (Å²) in [5.41, 5.74) is 3.51. The van der Waals surface area contributed by atoms with Crippen LogP contribution in [-0.2, 0) is 0 Å². The highest BCUT2D eigenvalue weighted by Crippen LogP contribution is 2.28. The lowest BCUT2D eigenvalue weighted by Crippen LogP contribution is -1.99. The van der Waals surface area contributed by atoms with Crippen molar-refractivity contribution in [2.45, 2.75) is 0 Å². The molecule has 0 bridgehead atoms. The molecule has 0 saturated carbocycles. The fraction of sp³-hybridized carbons (Fsp3) is 0.0556. The molecule has 5 heteroatoms. The zero-order chi connectivity index (χ0) is 15.6. The van der Waals surface area contributed by atoms with E-state index in [1.807, 2.05) is 59.2 Å². The number of nitrogens with zero attached hydrogens (tertiary/aromatic N) is 4. The zero-order valence-electron chi connectivity index (χ0n) is 12.5. The van der Waals surface area contributed by atoms with Crippen molar-refractivity contribution in [1.82, 2.24) is 19.5 Å². The molecule has 5 nitrogen and oxygen atoms in total. The number of benzene rings is 1. The molecule has 0 N–H and O–H groups in total. The number of ether oxygens (including phenoxy) is 1.